The van der Waals surface area contributed by atoms with Gasteiger partial charge in [-0.1, -0.05) is 54.1 Å². The van der Waals surface area contributed by atoms with Gasteiger partial charge in [-0.15, -0.1) is 0 Å². The SMILES string of the molecule is O=S(=O)(c1ccc2c(c1)C1C=CCC1C(c1ccc(Cl)cc1)N2)N1CCc2ccccc21. The van der Waals surface area contributed by atoms with Crippen LogP contribution in [0.5, 0.6) is 0 Å². The summed E-state index contributed by atoms with van der Waals surface area (Å²) in [7, 11) is -3.62. The van der Waals surface area contributed by atoms with Gasteiger partial charge in [-0.05, 0) is 71.8 Å². The zero-order chi connectivity index (χ0) is 21.9. The van der Waals surface area contributed by atoms with Crippen LogP contribution in [-0.2, 0) is 16.4 Å². The Morgan fingerprint density at radius 2 is 1.81 bits per heavy atom. The van der Waals surface area contributed by atoms with E-state index in [-0.39, 0.29) is 12.0 Å². The van der Waals surface area contributed by atoms with Gasteiger partial charge in [0.05, 0.1) is 16.6 Å². The minimum Gasteiger partial charge on any atom is -0.378 e. The van der Waals surface area contributed by atoms with Crippen molar-refractivity contribution in [1.29, 1.82) is 0 Å². The molecular weight excluding hydrogens is 440 g/mol. The number of hydrogen-bond donors (Lipinski definition) is 1. The van der Waals surface area contributed by atoms with Crippen molar-refractivity contribution in [2.24, 2.45) is 5.92 Å². The first-order valence-electron chi connectivity index (χ1n) is 11.0. The Morgan fingerprint density at radius 3 is 2.66 bits per heavy atom. The van der Waals surface area contributed by atoms with E-state index >= 15 is 0 Å². The third kappa shape index (κ3) is 3.06. The third-order valence-corrected chi connectivity index (χ3v) is 9.06. The number of anilines is 2. The van der Waals surface area contributed by atoms with Gasteiger partial charge in [0.1, 0.15) is 0 Å². The molecule has 6 heteroatoms. The van der Waals surface area contributed by atoms with Crippen molar-refractivity contribution in [1.82, 2.24) is 0 Å². The van der Waals surface area contributed by atoms with E-state index in [1.54, 1.807) is 10.4 Å². The van der Waals surface area contributed by atoms with Crippen LogP contribution in [0.15, 0.2) is 83.8 Å². The summed E-state index contributed by atoms with van der Waals surface area (Å²) < 4.78 is 28.7. The standard InChI is InChI=1S/C26H23ClN2O2S/c27-19-10-8-18(9-11-19)26-22-6-3-5-21(22)23-16-20(12-13-24(23)28-26)32(30,31)29-15-14-17-4-1-2-7-25(17)29/h1-5,7-13,16,21-22,26,28H,6,14-15H2. The van der Waals surface area contributed by atoms with Gasteiger partial charge in [0.2, 0.25) is 0 Å². The number of allylic oxidation sites excluding steroid dienone is 2. The largest absolute Gasteiger partial charge is 0.378 e. The minimum absolute atomic E-state index is 0.160. The van der Waals surface area contributed by atoms with Crippen LogP contribution in [0.2, 0.25) is 5.02 Å². The maximum absolute atomic E-state index is 13.6. The van der Waals surface area contributed by atoms with E-state index in [0.29, 0.717) is 17.4 Å². The molecule has 6 rings (SSSR count). The number of halogens is 1. The molecule has 3 aromatic rings. The molecule has 0 aromatic heterocycles. The number of nitrogens with one attached hydrogen (secondary N) is 1. The molecule has 3 unspecified atom stereocenters. The molecular formula is C26H23ClN2O2S. The molecule has 0 saturated carbocycles. The molecule has 162 valence electrons. The predicted octanol–water partition coefficient (Wildman–Crippen LogP) is 5.92. The van der Waals surface area contributed by atoms with Crippen molar-refractivity contribution >= 4 is 33.0 Å². The van der Waals surface area contributed by atoms with Crippen molar-refractivity contribution in [3.63, 3.8) is 0 Å². The Kier molecular flexibility index (Phi) is 4.60. The zero-order valence-corrected chi connectivity index (χ0v) is 19.0. The van der Waals surface area contributed by atoms with Crippen LogP contribution in [-0.4, -0.2) is 15.0 Å². The molecule has 3 aromatic carbocycles. The summed E-state index contributed by atoms with van der Waals surface area (Å²) in [6.07, 6.45) is 6.15. The van der Waals surface area contributed by atoms with Crippen LogP contribution < -0.4 is 9.62 Å². The molecule has 4 nitrogen and oxygen atoms in total. The highest BCUT2D eigenvalue weighted by atomic mass is 35.5. The van der Waals surface area contributed by atoms with E-state index in [2.05, 4.69) is 29.6 Å². The highest BCUT2D eigenvalue weighted by Crippen LogP contribution is 2.50. The monoisotopic (exact) mass is 462 g/mol. The van der Waals surface area contributed by atoms with Crippen molar-refractivity contribution in [3.8, 4) is 0 Å². The van der Waals surface area contributed by atoms with Crippen molar-refractivity contribution in [2.75, 3.05) is 16.2 Å². The fourth-order valence-electron chi connectivity index (χ4n) is 5.42. The van der Waals surface area contributed by atoms with E-state index in [1.807, 2.05) is 48.5 Å². The first-order valence-corrected chi connectivity index (χ1v) is 12.8. The fourth-order valence-corrected chi connectivity index (χ4v) is 7.08. The normalized spacial score (nSPS) is 23.4. The summed E-state index contributed by atoms with van der Waals surface area (Å²) in [6, 6.07) is 21.5. The van der Waals surface area contributed by atoms with E-state index in [4.69, 9.17) is 11.6 Å². The number of hydrogen-bond acceptors (Lipinski definition) is 3. The predicted molar refractivity (Wildman–Crippen MR) is 129 cm³/mol. The van der Waals surface area contributed by atoms with Gasteiger partial charge in [-0.25, -0.2) is 8.42 Å². The maximum Gasteiger partial charge on any atom is 0.264 e. The van der Waals surface area contributed by atoms with Crippen LogP contribution in [0.4, 0.5) is 11.4 Å². The molecule has 0 spiro atoms. The molecule has 0 fully saturated rings. The van der Waals surface area contributed by atoms with E-state index in [0.717, 1.165) is 40.4 Å². The summed E-state index contributed by atoms with van der Waals surface area (Å²) in [6.45, 7) is 0.488. The Balaban J connectivity index is 1.38. The van der Waals surface area contributed by atoms with Crippen LogP contribution in [0.1, 0.15) is 35.1 Å². The number of benzene rings is 3. The second-order valence-electron chi connectivity index (χ2n) is 8.73. The lowest BCUT2D eigenvalue weighted by Gasteiger charge is -2.38. The number of sulfonamides is 1. The lowest BCUT2D eigenvalue weighted by Crippen LogP contribution is -2.31. The molecule has 0 saturated heterocycles. The van der Waals surface area contributed by atoms with Crippen LogP contribution in [0, 0.1) is 5.92 Å². The number of nitrogens with zero attached hydrogens (tertiary/aromatic N) is 1. The summed E-state index contributed by atoms with van der Waals surface area (Å²) >= 11 is 6.09. The number of fused-ring (bicyclic) bond motifs is 4. The van der Waals surface area contributed by atoms with Gasteiger partial charge in [0.25, 0.3) is 10.0 Å². The van der Waals surface area contributed by atoms with E-state index in [1.165, 1.54) is 5.56 Å². The van der Waals surface area contributed by atoms with E-state index < -0.39 is 10.0 Å². The minimum atomic E-state index is -3.62. The van der Waals surface area contributed by atoms with Gasteiger partial charge in [0, 0.05) is 23.2 Å². The second-order valence-corrected chi connectivity index (χ2v) is 11.0. The lowest BCUT2D eigenvalue weighted by atomic mass is 9.77. The van der Waals surface area contributed by atoms with E-state index in [9.17, 15) is 8.42 Å². The Hall–Kier alpha value is -2.76. The van der Waals surface area contributed by atoms with Crippen LogP contribution in [0.3, 0.4) is 0 Å². The van der Waals surface area contributed by atoms with Gasteiger partial charge in [-0.3, -0.25) is 4.31 Å². The van der Waals surface area contributed by atoms with Gasteiger partial charge < -0.3 is 5.32 Å². The molecule has 3 aliphatic rings. The third-order valence-electron chi connectivity index (χ3n) is 7.00. The average Bonchev–Trinajstić information content (AvgIpc) is 3.47. The molecule has 3 atom stereocenters. The van der Waals surface area contributed by atoms with Gasteiger partial charge >= 0.3 is 0 Å². The molecule has 1 N–H and O–H groups in total. The highest BCUT2D eigenvalue weighted by molar-refractivity contribution is 7.92. The zero-order valence-electron chi connectivity index (χ0n) is 17.4. The number of rotatable bonds is 3. The lowest BCUT2D eigenvalue weighted by molar-refractivity contribution is 0.425. The Labute approximate surface area is 193 Å². The summed E-state index contributed by atoms with van der Waals surface area (Å²) in [5.74, 6) is 0.530. The quantitative estimate of drug-likeness (QED) is 0.491. The van der Waals surface area contributed by atoms with Gasteiger partial charge in [0.15, 0.2) is 0 Å². The van der Waals surface area contributed by atoms with Crippen LogP contribution in [0.25, 0.3) is 0 Å². The molecule has 0 radical (unpaired) electrons. The molecule has 2 aliphatic heterocycles. The summed E-state index contributed by atoms with van der Waals surface area (Å²) in [4.78, 5) is 0.360. The summed E-state index contributed by atoms with van der Waals surface area (Å²) in [5.41, 5.74) is 5.13. The molecule has 2 heterocycles. The molecule has 32 heavy (non-hydrogen) atoms. The highest BCUT2D eigenvalue weighted by Gasteiger charge is 2.39. The summed E-state index contributed by atoms with van der Waals surface area (Å²) in [5, 5.41) is 4.40. The van der Waals surface area contributed by atoms with Crippen LogP contribution >= 0.6 is 11.6 Å². The van der Waals surface area contributed by atoms with Crippen molar-refractivity contribution < 1.29 is 8.42 Å². The van der Waals surface area contributed by atoms with Crippen molar-refractivity contribution in [3.05, 3.63) is 101 Å². The van der Waals surface area contributed by atoms with Gasteiger partial charge in [-0.2, -0.15) is 0 Å². The number of para-hydroxylation sites is 1. The average molecular weight is 463 g/mol. The first kappa shape index (κ1) is 19.9. The maximum atomic E-state index is 13.6. The Morgan fingerprint density at radius 1 is 1.00 bits per heavy atom. The van der Waals surface area contributed by atoms with Crippen molar-refractivity contribution in [2.45, 2.75) is 29.7 Å². The second kappa shape index (κ2) is 7.39. The fraction of sp³-hybridized carbons (Fsp3) is 0.231. The molecule has 0 amide bonds. The Bertz CT molecular complexity index is 1330. The molecule has 1 aliphatic carbocycles. The topological polar surface area (TPSA) is 49.4 Å². The molecule has 0 bridgehead atoms. The smallest absolute Gasteiger partial charge is 0.264 e. The first-order chi connectivity index (χ1) is 15.5.